The molecule has 0 saturated heterocycles. The van der Waals surface area contributed by atoms with Gasteiger partial charge in [0.25, 0.3) is 11.8 Å². The van der Waals surface area contributed by atoms with Gasteiger partial charge in [0.05, 0.1) is 16.8 Å². The molecule has 4 rings (SSSR count). The summed E-state index contributed by atoms with van der Waals surface area (Å²) in [6.07, 6.45) is 1.59. The van der Waals surface area contributed by atoms with Gasteiger partial charge < -0.3 is 8.83 Å². The Labute approximate surface area is 172 Å². The van der Waals surface area contributed by atoms with Crippen LogP contribution in [-0.4, -0.2) is 21.6 Å². The monoisotopic (exact) mass is 404 g/mol. The summed E-state index contributed by atoms with van der Waals surface area (Å²) in [5, 5.41) is 4.52. The highest BCUT2D eigenvalue weighted by molar-refractivity contribution is 6.02. The van der Waals surface area contributed by atoms with E-state index >= 15 is 0 Å². The molecule has 0 fully saturated rings. The molecule has 3 heterocycles. The van der Waals surface area contributed by atoms with Gasteiger partial charge in [-0.2, -0.15) is 5.10 Å². The minimum absolute atomic E-state index is 0.258. The second-order valence-corrected chi connectivity index (χ2v) is 6.82. The number of aryl methyl sites for hydroxylation is 3. The molecule has 4 aromatic rings. The molecule has 0 aliphatic heterocycles. The molecule has 8 heteroatoms. The maximum absolute atomic E-state index is 12.9. The van der Waals surface area contributed by atoms with Crippen LogP contribution in [0.15, 0.2) is 63.6 Å². The van der Waals surface area contributed by atoms with Crippen LogP contribution in [0.5, 0.6) is 0 Å². The molecule has 0 aliphatic carbocycles. The summed E-state index contributed by atoms with van der Waals surface area (Å²) in [6.45, 7) is 5.25. The van der Waals surface area contributed by atoms with E-state index in [1.165, 1.54) is 0 Å². The Morgan fingerprint density at radius 1 is 0.867 bits per heavy atom. The van der Waals surface area contributed by atoms with Crippen LogP contribution in [0, 0.1) is 20.8 Å². The lowest BCUT2D eigenvalue weighted by atomic mass is 10.2. The fraction of sp³-hybridized carbons (Fsp3) is 0.136. The average Bonchev–Trinajstić information content (AvgIpc) is 3.44. The van der Waals surface area contributed by atoms with Crippen molar-refractivity contribution in [3.8, 4) is 17.1 Å². The number of hydrogen-bond acceptors (Lipinski definition) is 5. The van der Waals surface area contributed by atoms with Crippen LogP contribution in [0.25, 0.3) is 17.1 Å². The average molecular weight is 404 g/mol. The van der Waals surface area contributed by atoms with Crippen LogP contribution in [0.3, 0.4) is 0 Å². The number of nitrogens with one attached hydrogen (secondary N) is 2. The lowest BCUT2D eigenvalue weighted by molar-refractivity contribution is 0.0846. The Morgan fingerprint density at radius 2 is 1.57 bits per heavy atom. The van der Waals surface area contributed by atoms with Gasteiger partial charge in [0.15, 0.2) is 5.76 Å². The third-order valence-corrected chi connectivity index (χ3v) is 4.53. The molecule has 8 nitrogen and oxygen atoms in total. The number of rotatable bonds is 4. The van der Waals surface area contributed by atoms with Gasteiger partial charge in [0.1, 0.15) is 23.0 Å². The summed E-state index contributed by atoms with van der Waals surface area (Å²) in [5.41, 5.74) is 6.63. The van der Waals surface area contributed by atoms with Crippen LogP contribution in [-0.2, 0) is 0 Å². The summed E-state index contributed by atoms with van der Waals surface area (Å²) in [6, 6.07) is 14.6. The quantitative estimate of drug-likeness (QED) is 0.505. The van der Waals surface area contributed by atoms with Gasteiger partial charge in [-0.15, -0.1) is 0 Å². The lowest BCUT2D eigenvalue weighted by Crippen LogP contribution is -2.41. The smallest absolute Gasteiger partial charge is 0.273 e. The molecule has 30 heavy (non-hydrogen) atoms. The zero-order valence-electron chi connectivity index (χ0n) is 16.7. The molecule has 1 aromatic carbocycles. The van der Waals surface area contributed by atoms with E-state index in [-0.39, 0.29) is 5.56 Å². The van der Waals surface area contributed by atoms with Gasteiger partial charge in [0.2, 0.25) is 0 Å². The van der Waals surface area contributed by atoms with E-state index in [4.69, 9.17) is 8.83 Å². The second-order valence-electron chi connectivity index (χ2n) is 6.82. The van der Waals surface area contributed by atoms with Crippen LogP contribution in [0.1, 0.15) is 38.0 Å². The summed E-state index contributed by atoms with van der Waals surface area (Å²) in [4.78, 5) is 25.2. The number of hydrazine groups is 1. The van der Waals surface area contributed by atoms with Gasteiger partial charge in [0, 0.05) is 6.20 Å². The van der Waals surface area contributed by atoms with Crippen molar-refractivity contribution in [1.82, 2.24) is 20.6 Å². The highest BCUT2D eigenvalue weighted by Gasteiger charge is 2.22. The second kappa shape index (κ2) is 7.75. The minimum Gasteiger partial charge on any atom is -0.466 e. The number of aromatic nitrogens is 2. The van der Waals surface area contributed by atoms with E-state index in [9.17, 15) is 9.59 Å². The summed E-state index contributed by atoms with van der Waals surface area (Å²) < 4.78 is 12.6. The number of nitrogens with zero attached hydrogens (tertiary/aromatic N) is 2. The molecule has 2 N–H and O–H groups in total. The molecule has 3 aromatic heterocycles. The zero-order chi connectivity index (χ0) is 21.3. The number of para-hydroxylation sites is 1. The molecule has 0 atom stereocenters. The molecule has 0 spiro atoms. The standard InChI is InChI=1S/C22H20N4O4/c1-13-9-10-19(30-13)20-18(12-26(25-20)16-7-5-4-6-8-16)22(28)24-23-21(27)17-11-14(2)29-15(17)3/h4-12H,1-3H3,(H,23,27)(H,24,28). The Bertz CT molecular complexity index is 1220. The van der Waals surface area contributed by atoms with Crippen molar-refractivity contribution in [2.75, 3.05) is 0 Å². The van der Waals surface area contributed by atoms with Gasteiger partial charge in [-0.3, -0.25) is 20.4 Å². The van der Waals surface area contributed by atoms with E-state index in [1.54, 1.807) is 42.9 Å². The van der Waals surface area contributed by atoms with Crippen molar-refractivity contribution in [2.24, 2.45) is 0 Å². The first-order valence-electron chi connectivity index (χ1n) is 9.32. The first-order valence-corrected chi connectivity index (χ1v) is 9.32. The SMILES string of the molecule is Cc1ccc(-c2nn(-c3ccccc3)cc2C(=O)NNC(=O)c2cc(C)oc2C)o1. The molecular formula is C22H20N4O4. The van der Waals surface area contributed by atoms with E-state index in [0.717, 1.165) is 5.69 Å². The minimum atomic E-state index is -0.521. The van der Waals surface area contributed by atoms with Gasteiger partial charge in [-0.1, -0.05) is 18.2 Å². The number of benzene rings is 1. The van der Waals surface area contributed by atoms with Crippen molar-refractivity contribution in [3.63, 3.8) is 0 Å². The fourth-order valence-corrected chi connectivity index (χ4v) is 3.10. The molecule has 0 aliphatic rings. The third-order valence-electron chi connectivity index (χ3n) is 4.53. The largest absolute Gasteiger partial charge is 0.466 e. The highest BCUT2D eigenvalue weighted by Crippen LogP contribution is 2.25. The number of hydrogen-bond donors (Lipinski definition) is 2. The molecule has 152 valence electrons. The van der Waals surface area contributed by atoms with Crippen molar-refractivity contribution in [1.29, 1.82) is 0 Å². The molecular weight excluding hydrogens is 384 g/mol. The number of carbonyl (C=O) groups excluding carboxylic acids is 2. The van der Waals surface area contributed by atoms with E-state index < -0.39 is 11.8 Å². The van der Waals surface area contributed by atoms with E-state index in [2.05, 4.69) is 16.0 Å². The van der Waals surface area contributed by atoms with Crippen LogP contribution < -0.4 is 10.9 Å². The van der Waals surface area contributed by atoms with Gasteiger partial charge in [-0.05, 0) is 51.1 Å². The maximum Gasteiger partial charge on any atom is 0.273 e. The summed E-state index contributed by atoms with van der Waals surface area (Å²) in [5.74, 6) is 1.26. The number of furan rings is 2. The Hall–Kier alpha value is -4.07. The first-order chi connectivity index (χ1) is 14.4. The first kappa shape index (κ1) is 19.3. The van der Waals surface area contributed by atoms with E-state index in [0.29, 0.717) is 34.3 Å². The van der Waals surface area contributed by atoms with Gasteiger partial charge >= 0.3 is 0 Å². The molecule has 0 unspecified atom stereocenters. The Balaban J connectivity index is 1.61. The molecule has 2 amide bonds. The van der Waals surface area contributed by atoms with Crippen molar-refractivity contribution in [3.05, 3.63) is 83.1 Å². The van der Waals surface area contributed by atoms with Gasteiger partial charge in [-0.25, -0.2) is 4.68 Å². The molecule has 0 radical (unpaired) electrons. The summed E-state index contributed by atoms with van der Waals surface area (Å²) >= 11 is 0. The maximum atomic E-state index is 12.9. The van der Waals surface area contributed by atoms with Crippen molar-refractivity contribution >= 4 is 11.8 Å². The Morgan fingerprint density at radius 3 is 2.17 bits per heavy atom. The zero-order valence-corrected chi connectivity index (χ0v) is 16.7. The predicted molar refractivity (Wildman–Crippen MR) is 109 cm³/mol. The topological polar surface area (TPSA) is 102 Å². The fourth-order valence-electron chi connectivity index (χ4n) is 3.10. The number of amides is 2. The molecule has 0 bridgehead atoms. The van der Waals surface area contributed by atoms with Crippen molar-refractivity contribution < 1.29 is 18.4 Å². The third kappa shape index (κ3) is 3.75. The number of carbonyl (C=O) groups is 2. The highest BCUT2D eigenvalue weighted by atomic mass is 16.3. The van der Waals surface area contributed by atoms with Crippen molar-refractivity contribution in [2.45, 2.75) is 20.8 Å². The normalized spacial score (nSPS) is 10.8. The van der Waals surface area contributed by atoms with E-state index in [1.807, 2.05) is 37.3 Å². The van der Waals surface area contributed by atoms with Crippen LogP contribution >= 0.6 is 0 Å². The summed E-state index contributed by atoms with van der Waals surface area (Å²) in [7, 11) is 0. The van der Waals surface area contributed by atoms with Crippen LogP contribution in [0.4, 0.5) is 0 Å². The lowest BCUT2D eigenvalue weighted by Gasteiger charge is -2.06. The molecule has 0 saturated carbocycles. The predicted octanol–water partition coefficient (Wildman–Crippen LogP) is 3.73. The Kier molecular flexibility index (Phi) is 4.97. The van der Waals surface area contributed by atoms with Crippen LogP contribution in [0.2, 0.25) is 0 Å².